The minimum atomic E-state index is -0.757. The number of nitrogens with zero attached hydrogens (tertiary/aromatic N) is 2. The van der Waals surface area contributed by atoms with E-state index >= 15 is 0 Å². The van der Waals surface area contributed by atoms with Crippen molar-refractivity contribution in [2.45, 2.75) is 53.5 Å². The van der Waals surface area contributed by atoms with Gasteiger partial charge in [-0.25, -0.2) is 4.79 Å². The van der Waals surface area contributed by atoms with Crippen LogP contribution in [0.3, 0.4) is 0 Å². The molecule has 1 aliphatic heterocycles. The van der Waals surface area contributed by atoms with Gasteiger partial charge in [-0.3, -0.25) is 9.69 Å². The van der Waals surface area contributed by atoms with Crippen LogP contribution >= 0.6 is 0 Å². The smallest absolute Gasteiger partial charge is 0.324 e. The molecule has 0 aliphatic carbocycles. The summed E-state index contributed by atoms with van der Waals surface area (Å²) in [6.07, 6.45) is 0.828. The van der Waals surface area contributed by atoms with Crippen LogP contribution in [-0.2, 0) is 4.79 Å². The van der Waals surface area contributed by atoms with Gasteiger partial charge in [0.25, 0.3) is 5.91 Å². The molecule has 1 heterocycles. The van der Waals surface area contributed by atoms with Crippen molar-refractivity contribution < 1.29 is 9.59 Å². The molecule has 1 aliphatic rings. The lowest BCUT2D eigenvalue weighted by Gasteiger charge is -2.26. The second-order valence-electron chi connectivity index (χ2n) is 7.41. The molecule has 3 amide bonds. The minimum absolute atomic E-state index is 0.119. The third-order valence-electron chi connectivity index (χ3n) is 3.55. The van der Waals surface area contributed by atoms with E-state index in [1.54, 1.807) is 13.8 Å². The fraction of sp³-hybridized carbons (Fsp3) is 0.875. The summed E-state index contributed by atoms with van der Waals surface area (Å²) in [5.74, 6) is 1.13. The molecule has 0 bridgehead atoms. The van der Waals surface area contributed by atoms with Gasteiger partial charge in [-0.05, 0) is 38.6 Å². The minimum Gasteiger partial charge on any atom is -0.324 e. The van der Waals surface area contributed by atoms with Gasteiger partial charge in [-0.1, -0.05) is 27.7 Å². The van der Waals surface area contributed by atoms with Gasteiger partial charge in [-0.15, -0.1) is 0 Å². The molecule has 1 saturated heterocycles. The van der Waals surface area contributed by atoms with E-state index in [1.807, 2.05) is 0 Å². The topological polar surface area (TPSA) is 52.6 Å². The SMILES string of the molecule is CC(C)CN(CCCN1C(=O)NC(C)(C)C1=O)CC(C)C. The van der Waals surface area contributed by atoms with Gasteiger partial charge in [-0.2, -0.15) is 0 Å². The van der Waals surface area contributed by atoms with E-state index in [0.717, 1.165) is 26.1 Å². The van der Waals surface area contributed by atoms with Crippen LogP contribution in [0.5, 0.6) is 0 Å². The molecule has 122 valence electrons. The van der Waals surface area contributed by atoms with Crippen molar-refractivity contribution in [2.24, 2.45) is 11.8 Å². The zero-order valence-corrected chi connectivity index (χ0v) is 14.4. The molecule has 0 saturated carbocycles. The Morgan fingerprint density at radius 1 is 1.10 bits per heavy atom. The third-order valence-corrected chi connectivity index (χ3v) is 3.55. The number of urea groups is 1. The maximum Gasteiger partial charge on any atom is 0.325 e. The van der Waals surface area contributed by atoms with Gasteiger partial charge in [0.1, 0.15) is 5.54 Å². The summed E-state index contributed by atoms with van der Waals surface area (Å²) in [4.78, 5) is 27.7. The Labute approximate surface area is 129 Å². The summed E-state index contributed by atoms with van der Waals surface area (Å²) in [5, 5.41) is 2.72. The largest absolute Gasteiger partial charge is 0.325 e. The van der Waals surface area contributed by atoms with E-state index < -0.39 is 5.54 Å². The fourth-order valence-corrected chi connectivity index (χ4v) is 2.76. The average molecular weight is 297 g/mol. The van der Waals surface area contributed by atoms with Crippen LogP contribution in [0, 0.1) is 11.8 Å². The normalized spacial score (nSPS) is 18.2. The first-order valence-corrected chi connectivity index (χ1v) is 8.00. The van der Waals surface area contributed by atoms with Gasteiger partial charge in [0.15, 0.2) is 0 Å². The Hall–Kier alpha value is -1.10. The molecule has 0 atom stereocenters. The van der Waals surface area contributed by atoms with Gasteiger partial charge in [0, 0.05) is 19.6 Å². The highest BCUT2D eigenvalue weighted by molar-refractivity contribution is 6.06. The molecule has 0 aromatic rings. The van der Waals surface area contributed by atoms with E-state index in [1.165, 1.54) is 4.90 Å². The van der Waals surface area contributed by atoms with Crippen LogP contribution in [0.2, 0.25) is 0 Å². The Morgan fingerprint density at radius 2 is 1.62 bits per heavy atom. The molecule has 1 N–H and O–H groups in total. The van der Waals surface area contributed by atoms with E-state index in [9.17, 15) is 9.59 Å². The monoisotopic (exact) mass is 297 g/mol. The molecule has 0 spiro atoms. The Kier molecular flexibility index (Phi) is 6.20. The van der Waals surface area contributed by atoms with Crippen LogP contribution < -0.4 is 5.32 Å². The van der Waals surface area contributed by atoms with E-state index in [0.29, 0.717) is 18.4 Å². The first-order valence-electron chi connectivity index (χ1n) is 8.00. The molecule has 5 heteroatoms. The van der Waals surface area contributed by atoms with Gasteiger partial charge in [0.05, 0.1) is 0 Å². The second-order valence-corrected chi connectivity index (χ2v) is 7.41. The Morgan fingerprint density at radius 3 is 2.00 bits per heavy atom. The molecule has 1 rings (SSSR count). The van der Waals surface area contributed by atoms with Gasteiger partial charge >= 0.3 is 6.03 Å². The number of carbonyl (C=O) groups excluding carboxylic acids is 2. The summed E-state index contributed by atoms with van der Waals surface area (Å²) in [7, 11) is 0. The molecule has 0 aromatic heterocycles. The van der Waals surface area contributed by atoms with Crippen molar-refractivity contribution in [3.05, 3.63) is 0 Å². The maximum absolute atomic E-state index is 12.1. The number of amides is 3. The summed E-state index contributed by atoms with van der Waals surface area (Å²) >= 11 is 0. The molecular weight excluding hydrogens is 266 g/mol. The zero-order chi connectivity index (χ0) is 16.2. The lowest BCUT2D eigenvalue weighted by Crippen LogP contribution is -2.40. The van der Waals surface area contributed by atoms with Crippen molar-refractivity contribution in [3.63, 3.8) is 0 Å². The molecule has 1 fully saturated rings. The van der Waals surface area contributed by atoms with Gasteiger partial charge in [0.2, 0.25) is 0 Å². The van der Waals surface area contributed by atoms with Crippen molar-refractivity contribution in [2.75, 3.05) is 26.2 Å². The number of hydrogen-bond donors (Lipinski definition) is 1. The number of imide groups is 1. The van der Waals surface area contributed by atoms with Crippen molar-refractivity contribution >= 4 is 11.9 Å². The first-order chi connectivity index (χ1) is 9.63. The molecular formula is C16H31N3O2. The van der Waals surface area contributed by atoms with Crippen LogP contribution in [-0.4, -0.2) is 53.5 Å². The Balaban J connectivity index is 2.46. The number of nitrogens with one attached hydrogen (secondary N) is 1. The highest BCUT2D eigenvalue weighted by Gasteiger charge is 2.43. The first kappa shape index (κ1) is 18.0. The van der Waals surface area contributed by atoms with Crippen molar-refractivity contribution in [1.29, 1.82) is 0 Å². The van der Waals surface area contributed by atoms with Crippen LogP contribution in [0.15, 0.2) is 0 Å². The quantitative estimate of drug-likeness (QED) is 0.700. The van der Waals surface area contributed by atoms with Gasteiger partial charge < -0.3 is 10.2 Å². The lowest BCUT2D eigenvalue weighted by atomic mass is 10.1. The van der Waals surface area contributed by atoms with E-state index in [2.05, 4.69) is 37.9 Å². The number of carbonyl (C=O) groups is 2. The summed E-state index contributed by atoms with van der Waals surface area (Å²) in [5.41, 5.74) is -0.757. The highest BCUT2D eigenvalue weighted by atomic mass is 16.2. The van der Waals surface area contributed by atoms with Crippen LogP contribution in [0.1, 0.15) is 48.0 Å². The average Bonchev–Trinajstić information content (AvgIpc) is 2.49. The summed E-state index contributed by atoms with van der Waals surface area (Å²) < 4.78 is 0. The third kappa shape index (κ3) is 5.30. The predicted molar refractivity (Wildman–Crippen MR) is 85.1 cm³/mol. The van der Waals surface area contributed by atoms with E-state index in [-0.39, 0.29) is 11.9 Å². The molecule has 0 unspecified atom stereocenters. The molecule has 21 heavy (non-hydrogen) atoms. The molecule has 5 nitrogen and oxygen atoms in total. The van der Waals surface area contributed by atoms with Crippen LogP contribution in [0.4, 0.5) is 4.79 Å². The zero-order valence-electron chi connectivity index (χ0n) is 14.4. The Bertz CT molecular complexity index is 368. The van der Waals surface area contributed by atoms with Crippen molar-refractivity contribution in [3.8, 4) is 0 Å². The number of hydrogen-bond acceptors (Lipinski definition) is 3. The van der Waals surface area contributed by atoms with Crippen molar-refractivity contribution in [1.82, 2.24) is 15.1 Å². The number of rotatable bonds is 8. The molecule has 0 radical (unpaired) electrons. The van der Waals surface area contributed by atoms with Crippen LogP contribution in [0.25, 0.3) is 0 Å². The maximum atomic E-state index is 12.1. The standard InChI is InChI=1S/C16H31N3O2/c1-12(2)10-18(11-13(3)4)8-7-9-19-14(20)16(5,6)17-15(19)21/h12-13H,7-11H2,1-6H3,(H,17,21). The highest BCUT2D eigenvalue weighted by Crippen LogP contribution is 2.17. The molecule has 0 aromatic carbocycles. The summed E-state index contributed by atoms with van der Waals surface area (Å²) in [6, 6.07) is -0.260. The lowest BCUT2D eigenvalue weighted by molar-refractivity contribution is -0.130. The summed E-state index contributed by atoms with van der Waals surface area (Å²) in [6.45, 7) is 15.9. The fourth-order valence-electron chi connectivity index (χ4n) is 2.76. The predicted octanol–water partition coefficient (Wildman–Crippen LogP) is 2.32. The second kappa shape index (κ2) is 7.25. The van der Waals surface area contributed by atoms with E-state index in [4.69, 9.17) is 0 Å².